The van der Waals surface area contributed by atoms with E-state index < -0.39 is 0 Å². The molecule has 7 aromatic rings. The zero-order valence-electron chi connectivity index (χ0n) is 29.0. The van der Waals surface area contributed by atoms with Gasteiger partial charge in [-0.15, -0.1) is 0 Å². The van der Waals surface area contributed by atoms with Crippen LogP contribution in [-0.2, 0) is 5.41 Å². The van der Waals surface area contributed by atoms with Crippen LogP contribution in [0.15, 0.2) is 158 Å². The Hall–Kier alpha value is -5.47. The lowest BCUT2D eigenvalue weighted by Crippen LogP contribution is -2.27. The van der Waals surface area contributed by atoms with Gasteiger partial charge in [-0.2, -0.15) is 0 Å². The summed E-state index contributed by atoms with van der Waals surface area (Å²) in [5, 5.41) is 0. The maximum atomic E-state index is 5.15. The van der Waals surface area contributed by atoms with Gasteiger partial charge in [-0.3, -0.25) is 4.57 Å². The summed E-state index contributed by atoms with van der Waals surface area (Å²) in [4.78, 5) is 5.15. The van der Waals surface area contributed by atoms with Gasteiger partial charge in [0.05, 0.1) is 5.69 Å². The molecule has 49 heavy (non-hydrogen) atoms. The van der Waals surface area contributed by atoms with Crippen LogP contribution in [0.25, 0.3) is 61.6 Å². The number of para-hydroxylation sites is 1. The van der Waals surface area contributed by atoms with Gasteiger partial charge in [0.1, 0.15) is 5.82 Å². The van der Waals surface area contributed by atoms with E-state index in [2.05, 4.69) is 190 Å². The summed E-state index contributed by atoms with van der Waals surface area (Å²) < 4.78 is 2.43. The van der Waals surface area contributed by atoms with E-state index in [1.165, 1.54) is 61.5 Å². The second-order valence-electron chi connectivity index (χ2n) is 13.1. The minimum Gasteiger partial charge on any atom is -0.296 e. The number of nitrogens with zero attached hydrogens (tertiary/aromatic N) is 2. The number of rotatable bonds is 10. The van der Waals surface area contributed by atoms with Crippen LogP contribution in [0.4, 0.5) is 0 Å². The van der Waals surface area contributed by atoms with Crippen LogP contribution >= 0.6 is 0 Å². The van der Waals surface area contributed by atoms with Crippen molar-refractivity contribution in [1.82, 2.24) is 9.55 Å². The van der Waals surface area contributed by atoms with Gasteiger partial charge >= 0.3 is 0 Å². The Kier molecular flexibility index (Phi) is 9.13. The minimum absolute atomic E-state index is 0.0619. The smallest absolute Gasteiger partial charge is 0.144 e. The topological polar surface area (TPSA) is 17.8 Å². The summed E-state index contributed by atoms with van der Waals surface area (Å²) in [6.07, 6.45) is 5.35. The summed E-state index contributed by atoms with van der Waals surface area (Å²) in [6, 6.07) is 54.8. The Balaban J connectivity index is 1.33. The molecule has 1 heterocycles. The van der Waals surface area contributed by atoms with Crippen LogP contribution < -0.4 is 0 Å². The monoisotopic (exact) mass is 636 g/mol. The highest BCUT2D eigenvalue weighted by atomic mass is 15.1. The lowest BCUT2D eigenvalue weighted by molar-refractivity contribution is 0.366. The molecule has 0 saturated carbocycles. The molecule has 0 fully saturated rings. The second-order valence-corrected chi connectivity index (χ2v) is 13.1. The van der Waals surface area contributed by atoms with Gasteiger partial charge in [-0.05, 0) is 113 Å². The van der Waals surface area contributed by atoms with Crippen molar-refractivity contribution in [2.24, 2.45) is 0 Å². The SMILES string of the molecule is CCC(CC)(CC)c1cnc(-c2cccc(-c3cccc(-c4cc(-c5ccccc5)cc(-c5ccccc5)c4)c3)c2)n1-c1ccccc1C. The molecule has 0 aliphatic rings. The third kappa shape index (κ3) is 6.27. The number of hydrogen-bond acceptors (Lipinski definition) is 1. The standard InChI is InChI=1S/C47H44N2/c1-5-47(6-2,7-3)45-33-48-46(49(45)44-27-15-14-18-34(44)4)40-26-17-24-38(29-40)37-23-16-25-39(28-37)43-31-41(35-19-10-8-11-20-35)30-42(32-43)36-21-12-9-13-22-36/h8-33H,5-7H2,1-4H3. The summed E-state index contributed by atoms with van der Waals surface area (Å²) in [5.74, 6) is 0.991. The van der Waals surface area contributed by atoms with Crippen molar-refractivity contribution >= 4 is 0 Å². The Bertz CT molecular complexity index is 2120. The fourth-order valence-electron chi connectivity index (χ4n) is 7.39. The Morgan fingerprint density at radius 1 is 0.449 bits per heavy atom. The highest BCUT2D eigenvalue weighted by Gasteiger charge is 2.32. The van der Waals surface area contributed by atoms with E-state index in [1.54, 1.807) is 0 Å². The lowest BCUT2D eigenvalue weighted by Gasteiger charge is -2.32. The van der Waals surface area contributed by atoms with Gasteiger partial charge in [-0.1, -0.05) is 136 Å². The predicted octanol–water partition coefficient (Wildman–Crippen LogP) is 13.0. The summed E-state index contributed by atoms with van der Waals surface area (Å²) in [6.45, 7) is 9.14. The molecule has 2 nitrogen and oxygen atoms in total. The van der Waals surface area contributed by atoms with Crippen molar-refractivity contribution in [1.29, 1.82) is 0 Å². The first-order valence-electron chi connectivity index (χ1n) is 17.6. The zero-order chi connectivity index (χ0) is 33.8. The molecular formula is C47H44N2. The molecule has 7 rings (SSSR count). The second kappa shape index (κ2) is 13.9. The van der Waals surface area contributed by atoms with E-state index in [0.717, 1.165) is 30.7 Å². The first-order valence-corrected chi connectivity index (χ1v) is 17.6. The van der Waals surface area contributed by atoms with Crippen molar-refractivity contribution in [3.05, 3.63) is 169 Å². The van der Waals surface area contributed by atoms with Crippen LogP contribution in [-0.4, -0.2) is 9.55 Å². The van der Waals surface area contributed by atoms with Gasteiger partial charge in [0.2, 0.25) is 0 Å². The maximum Gasteiger partial charge on any atom is 0.144 e. The fraction of sp³-hybridized carbons (Fsp3) is 0.170. The van der Waals surface area contributed by atoms with Crippen molar-refractivity contribution < 1.29 is 0 Å². The molecule has 0 spiro atoms. The normalized spacial score (nSPS) is 11.5. The first kappa shape index (κ1) is 32.1. The van der Waals surface area contributed by atoms with Crippen molar-refractivity contribution in [2.45, 2.75) is 52.4 Å². The third-order valence-electron chi connectivity index (χ3n) is 10.5. The molecule has 2 heteroatoms. The van der Waals surface area contributed by atoms with Crippen LogP contribution in [0.1, 0.15) is 51.3 Å². The van der Waals surface area contributed by atoms with E-state index in [1.807, 2.05) is 0 Å². The maximum absolute atomic E-state index is 5.15. The molecule has 0 amide bonds. The van der Waals surface area contributed by atoms with Crippen LogP contribution in [0, 0.1) is 6.92 Å². The van der Waals surface area contributed by atoms with Gasteiger partial charge in [-0.25, -0.2) is 4.98 Å². The Morgan fingerprint density at radius 3 is 1.39 bits per heavy atom. The molecule has 0 bridgehead atoms. The molecule has 0 saturated heterocycles. The van der Waals surface area contributed by atoms with E-state index >= 15 is 0 Å². The first-order chi connectivity index (χ1) is 24.0. The molecular weight excluding hydrogens is 593 g/mol. The molecule has 0 N–H and O–H groups in total. The number of hydrogen-bond donors (Lipinski definition) is 0. The number of aryl methyl sites for hydroxylation is 1. The molecule has 0 radical (unpaired) electrons. The summed E-state index contributed by atoms with van der Waals surface area (Å²) >= 11 is 0. The molecule has 0 unspecified atom stereocenters. The largest absolute Gasteiger partial charge is 0.296 e. The Labute approximate surface area is 291 Å². The molecule has 0 aliphatic heterocycles. The van der Waals surface area contributed by atoms with E-state index in [9.17, 15) is 0 Å². The number of benzene rings is 6. The molecule has 6 aromatic carbocycles. The number of imidazole rings is 1. The fourth-order valence-corrected chi connectivity index (χ4v) is 7.39. The van der Waals surface area contributed by atoms with Crippen LogP contribution in [0.5, 0.6) is 0 Å². The van der Waals surface area contributed by atoms with Crippen molar-refractivity contribution in [3.8, 4) is 61.6 Å². The molecule has 0 aliphatic carbocycles. The molecule has 1 aromatic heterocycles. The zero-order valence-corrected chi connectivity index (χ0v) is 29.0. The predicted molar refractivity (Wildman–Crippen MR) is 208 cm³/mol. The minimum atomic E-state index is 0.0619. The highest BCUT2D eigenvalue weighted by molar-refractivity contribution is 5.83. The summed E-state index contributed by atoms with van der Waals surface area (Å²) in [5.41, 5.74) is 14.5. The summed E-state index contributed by atoms with van der Waals surface area (Å²) in [7, 11) is 0. The van der Waals surface area contributed by atoms with Crippen molar-refractivity contribution in [3.63, 3.8) is 0 Å². The molecule has 242 valence electrons. The van der Waals surface area contributed by atoms with Crippen LogP contribution in [0.2, 0.25) is 0 Å². The van der Waals surface area contributed by atoms with Crippen LogP contribution in [0.3, 0.4) is 0 Å². The quantitative estimate of drug-likeness (QED) is 0.146. The van der Waals surface area contributed by atoms with Gasteiger partial charge in [0.25, 0.3) is 0 Å². The average molecular weight is 637 g/mol. The lowest BCUT2D eigenvalue weighted by atomic mass is 9.77. The highest BCUT2D eigenvalue weighted by Crippen LogP contribution is 2.40. The third-order valence-corrected chi connectivity index (χ3v) is 10.5. The molecule has 0 atom stereocenters. The van der Waals surface area contributed by atoms with Gasteiger partial charge in [0.15, 0.2) is 0 Å². The van der Waals surface area contributed by atoms with Gasteiger partial charge < -0.3 is 0 Å². The van der Waals surface area contributed by atoms with Crippen molar-refractivity contribution in [2.75, 3.05) is 0 Å². The van der Waals surface area contributed by atoms with E-state index in [4.69, 9.17) is 4.98 Å². The van der Waals surface area contributed by atoms with E-state index in [0.29, 0.717) is 0 Å². The Morgan fingerprint density at radius 2 is 0.857 bits per heavy atom. The van der Waals surface area contributed by atoms with E-state index in [-0.39, 0.29) is 5.41 Å². The number of aromatic nitrogens is 2. The van der Waals surface area contributed by atoms with Gasteiger partial charge in [0, 0.05) is 22.9 Å². The average Bonchev–Trinajstić information content (AvgIpc) is 3.62.